The van der Waals surface area contributed by atoms with Gasteiger partial charge in [-0.15, -0.1) is 0 Å². The standard InChI is InChI=1S/C24H22ClF4N3O6/c25-14-3-1-2-13(6-14)9-32-5-4-31(11-20(32)35)10-19(34)30-17(8-21(36)37)18(33)12-38-24-22(28)15(26)7-16(27)23(24)29/h1-3,6-7,17H,4-5,8-12H2,(H,30,34)(H,36,37)/t17-/m0/s1. The van der Waals surface area contributed by atoms with Crippen molar-refractivity contribution in [1.29, 1.82) is 0 Å². The Bertz CT molecular complexity index is 1220. The van der Waals surface area contributed by atoms with Crippen molar-refractivity contribution in [2.45, 2.75) is 19.0 Å². The summed E-state index contributed by atoms with van der Waals surface area (Å²) in [4.78, 5) is 51.7. The molecule has 1 aliphatic heterocycles. The predicted molar refractivity (Wildman–Crippen MR) is 124 cm³/mol. The molecule has 1 saturated heterocycles. The lowest BCUT2D eigenvalue weighted by atomic mass is 10.1. The Kier molecular flexibility index (Phi) is 9.64. The predicted octanol–water partition coefficient (Wildman–Crippen LogP) is 2.15. The number of carbonyl (C=O) groups is 4. The first-order valence-corrected chi connectivity index (χ1v) is 11.6. The molecule has 3 rings (SSSR count). The summed E-state index contributed by atoms with van der Waals surface area (Å²) in [5, 5.41) is 11.8. The number of benzene rings is 2. The first kappa shape index (κ1) is 28.9. The maximum absolute atomic E-state index is 13.7. The van der Waals surface area contributed by atoms with Gasteiger partial charge in [-0.05, 0) is 17.7 Å². The summed E-state index contributed by atoms with van der Waals surface area (Å²) in [5.74, 6) is -12.4. The Hall–Kier alpha value is -3.71. The van der Waals surface area contributed by atoms with Gasteiger partial charge in [0.05, 0.1) is 19.5 Å². The third-order valence-corrected chi connectivity index (χ3v) is 5.80. The van der Waals surface area contributed by atoms with Crippen molar-refractivity contribution < 1.29 is 46.6 Å². The van der Waals surface area contributed by atoms with Gasteiger partial charge in [0.2, 0.25) is 23.4 Å². The molecule has 0 unspecified atom stereocenters. The van der Waals surface area contributed by atoms with E-state index >= 15 is 0 Å². The molecule has 1 heterocycles. The lowest BCUT2D eigenvalue weighted by molar-refractivity contribution is -0.140. The molecule has 2 N–H and O–H groups in total. The quantitative estimate of drug-likeness (QED) is 0.320. The van der Waals surface area contributed by atoms with E-state index in [1.54, 1.807) is 23.1 Å². The zero-order chi connectivity index (χ0) is 28.0. The Balaban J connectivity index is 1.56. The normalized spacial score (nSPS) is 14.8. The van der Waals surface area contributed by atoms with Crippen LogP contribution in [0.4, 0.5) is 17.6 Å². The van der Waals surface area contributed by atoms with Crippen LogP contribution in [0.15, 0.2) is 30.3 Å². The Morgan fingerprint density at radius 2 is 1.76 bits per heavy atom. The van der Waals surface area contributed by atoms with Crippen LogP contribution in [0, 0.1) is 23.3 Å². The molecule has 0 aromatic heterocycles. The molecule has 1 aliphatic rings. The number of Topliss-reactive ketones (excluding diaryl/α,β-unsaturated/α-hetero) is 1. The minimum atomic E-state index is -1.88. The highest BCUT2D eigenvalue weighted by atomic mass is 35.5. The van der Waals surface area contributed by atoms with Crippen LogP contribution in [0.3, 0.4) is 0 Å². The number of hydrogen-bond donors (Lipinski definition) is 2. The molecule has 2 aromatic carbocycles. The summed E-state index contributed by atoms with van der Waals surface area (Å²) >= 11 is 5.96. The van der Waals surface area contributed by atoms with E-state index in [0.29, 0.717) is 24.7 Å². The number of rotatable bonds is 11. The van der Waals surface area contributed by atoms with E-state index in [-0.39, 0.29) is 25.1 Å². The number of piperazine rings is 1. The third kappa shape index (κ3) is 7.65. The van der Waals surface area contributed by atoms with E-state index in [1.807, 2.05) is 6.07 Å². The van der Waals surface area contributed by atoms with Crippen LogP contribution in [-0.2, 0) is 25.7 Å². The number of ketones is 1. The van der Waals surface area contributed by atoms with Gasteiger partial charge in [-0.3, -0.25) is 24.1 Å². The largest absolute Gasteiger partial charge is 0.481 e. The zero-order valence-corrected chi connectivity index (χ0v) is 20.4. The Labute approximate surface area is 218 Å². The van der Waals surface area contributed by atoms with Gasteiger partial charge in [0.1, 0.15) is 12.6 Å². The van der Waals surface area contributed by atoms with Gasteiger partial charge in [-0.25, -0.2) is 8.78 Å². The number of amides is 2. The van der Waals surface area contributed by atoms with E-state index < -0.39 is 65.7 Å². The van der Waals surface area contributed by atoms with E-state index in [4.69, 9.17) is 16.7 Å². The molecule has 2 aromatic rings. The fourth-order valence-electron chi connectivity index (χ4n) is 3.70. The molecule has 0 bridgehead atoms. The van der Waals surface area contributed by atoms with Crippen molar-refractivity contribution in [1.82, 2.24) is 15.1 Å². The van der Waals surface area contributed by atoms with Crippen molar-refractivity contribution in [2.24, 2.45) is 0 Å². The van der Waals surface area contributed by atoms with E-state index in [0.717, 1.165) is 5.56 Å². The monoisotopic (exact) mass is 559 g/mol. The van der Waals surface area contributed by atoms with E-state index in [9.17, 15) is 36.7 Å². The third-order valence-electron chi connectivity index (χ3n) is 5.56. The van der Waals surface area contributed by atoms with Gasteiger partial charge in [0, 0.05) is 30.7 Å². The van der Waals surface area contributed by atoms with Crippen LogP contribution < -0.4 is 10.1 Å². The smallest absolute Gasteiger partial charge is 0.305 e. The highest BCUT2D eigenvalue weighted by Crippen LogP contribution is 2.26. The van der Waals surface area contributed by atoms with E-state index in [1.165, 1.54) is 4.90 Å². The number of ether oxygens (including phenoxy) is 1. The van der Waals surface area contributed by atoms with Crippen molar-refractivity contribution in [2.75, 3.05) is 32.8 Å². The minimum Gasteiger partial charge on any atom is -0.481 e. The van der Waals surface area contributed by atoms with Crippen molar-refractivity contribution in [3.05, 3.63) is 64.2 Å². The van der Waals surface area contributed by atoms with Crippen LogP contribution in [-0.4, -0.2) is 77.3 Å². The fraction of sp³-hybridized carbons (Fsp3) is 0.333. The maximum atomic E-state index is 13.7. The van der Waals surface area contributed by atoms with Crippen molar-refractivity contribution in [3.63, 3.8) is 0 Å². The zero-order valence-electron chi connectivity index (χ0n) is 19.7. The van der Waals surface area contributed by atoms with Gasteiger partial charge in [0.25, 0.3) is 0 Å². The van der Waals surface area contributed by atoms with Gasteiger partial charge in [-0.2, -0.15) is 8.78 Å². The summed E-state index contributed by atoms with van der Waals surface area (Å²) in [7, 11) is 0. The number of carboxylic acids is 1. The molecule has 0 spiro atoms. The summed E-state index contributed by atoms with van der Waals surface area (Å²) < 4.78 is 58.7. The SMILES string of the molecule is O=C(O)C[C@H](NC(=O)CN1CCN(Cc2cccc(Cl)c2)C(=O)C1)C(=O)COc1c(F)c(F)cc(F)c1F. The van der Waals surface area contributed by atoms with Gasteiger partial charge < -0.3 is 20.1 Å². The lowest BCUT2D eigenvalue weighted by Crippen LogP contribution is -2.54. The summed E-state index contributed by atoms with van der Waals surface area (Å²) in [6, 6.07) is 5.28. The van der Waals surface area contributed by atoms with Crippen LogP contribution in [0.1, 0.15) is 12.0 Å². The second-order valence-electron chi connectivity index (χ2n) is 8.43. The van der Waals surface area contributed by atoms with Crippen LogP contribution in [0.25, 0.3) is 0 Å². The molecule has 38 heavy (non-hydrogen) atoms. The number of carboxylic acid groups (broad SMARTS) is 1. The first-order valence-electron chi connectivity index (χ1n) is 11.2. The van der Waals surface area contributed by atoms with Gasteiger partial charge >= 0.3 is 5.97 Å². The molecular weight excluding hydrogens is 538 g/mol. The second kappa shape index (κ2) is 12.7. The molecule has 0 saturated carbocycles. The number of halogens is 5. The number of hydrogen-bond acceptors (Lipinski definition) is 6. The second-order valence-corrected chi connectivity index (χ2v) is 8.86. The minimum absolute atomic E-state index is 0.0470. The fourth-order valence-corrected chi connectivity index (χ4v) is 3.91. The molecule has 0 radical (unpaired) electrons. The van der Waals surface area contributed by atoms with Crippen LogP contribution in [0.5, 0.6) is 5.75 Å². The summed E-state index contributed by atoms with van der Waals surface area (Å²) in [5.41, 5.74) is 0.829. The molecule has 9 nitrogen and oxygen atoms in total. The summed E-state index contributed by atoms with van der Waals surface area (Å²) in [6.07, 6.45) is -0.900. The molecule has 14 heteroatoms. The van der Waals surface area contributed by atoms with Crippen molar-refractivity contribution in [3.8, 4) is 5.75 Å². The maximum Gasteiger partial charge on any atom is 0.305 e. The molecule has 204 valence electrons. The average molecular weight is 560 g/mol. The van der Waals surface area contributed by atoms with Gasteiger partial charge in [0.15, 0.2) is 23.2 Å². The van der Waals surface area contributed by atoms with Crippen LogP contribution in [0.2, 0.25) is 5.02 Å². The topological polar surface area (TPSA) is 116 Å². The highest BCUT2D eigenvalue weighted by Gasteiger charge is 2.29. The molecule has 1 fully saturated rings. The lowest BCUT2D eigenvalue weighted by Gasteiger charge is -2.34. The van der Waals surface area contributed by atoms with E-state index in [2.05, 4.69) is 10.1 Å². The number of nitrogens with zero attached hydrogens (tertiary/aromatic N) is 2. The number of nitrogens with one attached hydrogen (secondary N) is 1. The Morgan fingerprint density at radius 3 is 2.37 bits per heavy atom. The highest BCUT2D eigenvalue weighted by molar-refractivity contribution is 6.30. The molecular formula is C24H22ClF4N3O6. The molecule has 1 atom stereocenters. The van der Waals surface area contributed by atoms with Gasteiger partial charge in [-0.1, -0.05) is 23.7 Å². The molecule has 0 aliphatic carbocycles. The van der Waals surface area contributed by atoms with Crippen molar-refractivity contribution >= 4 is 35.2 Å². The van der Waals surface area contributed by atoms with Crippen LogP contribution >= 0.6 is 11.6 Å². The Morgan fingerprint density at radius 1 is 1.08 bits per heavy atom. The number of aliphatic carboxylic acids is 1. The average Bonchev–Trinajstić information content (AvgIpc) is 2.83. The molecule has 2 amide bonds. The first-order chi connectivity index (χ1) is 17.9. The summed E-state index contributed by atoms with van der Waals surface area (Å²) in [6.45, 7) is -0.715. The number of carbonyl (C=O) groups excluding carboxylic acids is 3.